The van der Waals surface area contributed by atoms with Crippen LogP contribution in [0.5, 0.6) is 0 Å². The number of carbonyl (C=O) groups excluding carboxylic acids is 3. The zero-order chi connectivity index (χ0) is 25.9. The van der Waals surface area contributed by atoms with E-state index >= 15 is 0 Å². The lowest BCUT2D eigenvalue weighted by molar-refractivity contribution is -0.126. The Bertz CT molecular complexity index is 1310. The number of ether oxygens (including phenoxy) is 1. The van der Waals surface area contributed by atoms with Crippen LogP contribution < -0.4 is 10.6 Å². The van der Waals surface area contributed by atoms with Crippen LogP contribution in [0.25, 0.3) is 0 Å². The van der Waals surface area contributed by atoms with E-state index in [1.165, 1.54) is 35.2 Å². The van der Waals surface area contributed by atoms with Gasteiger partial charge in [0, 0.05) is 12.2 Å². The Hall–Kier alpha value is -4.27. The molecule has 3 aromatic carbocycles. The Morgan fingerprint density at radius 3 is 2.32 bits per heavy atom. The lowest BCUT2D eigenvalue weighted by Crippen LogP contribution is -2.46. The summed E-state index contributed by atoms with van der Waals surface area (Å²) in [5.74, 6) is -1.51. The Morgan fingerprint density at radius 2 is 1.65 bits per heavy atom. The van der Waals surface area contributed by atoms with E-state index in [9.17, 15) is 23.2 Å². The van der Waals surface area contributed by atoms with Gasteiger partial charge in [0.05, 0.1) is 12.1 Å². The van der Waals surface area contributed by atoms with Crippen molar-refractivity contribution in [1.82, 2.24) is 10.2 Å². The van der Waals surface area contributed by atoms with E-state index < -0.39 is 35.8 Å². The van der Waals surface area contributed by atoms with Crippen molar-refractivity contribution in [3.8, 4) is 0 Å². The average Bonchev–Trinajstić information content (AvgIpc) is 3.67. The number of amides is 3. The molecule has 9 heteroatoms. The summed E-state index contributed by atoms with van der Waals surface area (Å²) < 4.78 is 32.9. The molecule has 37 heavy (non-hydrogen) atoms. The van der Waals surface area contributed by atoms with Gasteiger partial charge in [0.25, 0.3) is 5.91 Å². The van der Waals surface area contributed by atoms with Crippen molar-refractivity contribution >= 4 is 23.6 Å². The van der Waals surface area contributed by atoms with Gasteiger partial charge in [0.15, 0.2) is 12.1 Å². The van der Waals surface area contributed by atoms with Crippen LogP contribution in [-0.4, -0.2) is 35.4 Å². The molecule has 1 heterocycles. The third kappa shape index (κ3) is 5.61. The summed E-state index contributed by atoms with van der Waals surface area (Å²) in [6, 6.07) is 16.9. The topological polar surface area (TPSA) is 87.7 Å². The summed E-state index contributed by atoms with van der Waals surface area (Å²) in [7, 11) is 0. The Kier molecular flexibility index (Phi) is 6.85. The number of anilines is 1. The molecule has 2 atom stereocenters. The van der Waals surface area contributed by atoms with Crippen molar-refractivity contribution in [1.29, 1.82) is 0 Å². The molecule has 190 valence electrons. The van der Waals surface area contributed by atoms with Gasteiger partial charge >= 0.3 is 6.09 Å². The highest BCUT2D eigenvalue weighted by molar-refractivity contribution is 6.04. The van der Waals surface area contributed by atoms with E-state index in [0.29, 0.717) is 29.3 Å². The molecule has 5 rings (SSSR count). The maximum absolute atomic E-state index is 13.9. The number of rotatable bonds is 8. The van der Waals surface area contributed by atoms with Gasteiger partial charge in [-0.25, -0.2) is 13.6 Å². The summed E-state index contributed by atoms with van der Waals surface area (Å²) in [5.41, 5.74) is 1.55. The predicted octanol–water partition coefficient (Wildman–Crippen LogP) is 4.81. The summed E-state index contributed by atoms with van der Waals surface area (Å²) in [6.45, 7) is 0.607. The van der Waals surface area contributed by atoms with E-state index in [4.69, 9.17) is 4.74 Å². The lowest BCUT2D eigenvalue weighted by Gasteiger charge is -2.24. The summed E-state index contributed by atoms with van der Waals surface area (Å²) in [4.78, 5) is 39.8. The first-order valence-corrected chi connectivity index (χ1v) is 12.0. The summed E-state index contributed by atoms with van der Waals surface area (Å²) in [5, 5.41) is 5.57. The van der Waals surface area contributed by atoms with Gasteiger partial charge in [-0.05, 0) is 66.3 Å². The predicted molar refractivity (Wildman–Crippen MR) is 131 cm³/mol. The molecule has 7 nitrogen and oxygen atoms in total. The first-order valence-electron chi connectivity index (χ1n) is 12.0. The zero-order valence-corrected chi connectivity index (χ0v) is 19.8. The molecular formula is C28H25F2N3O4. The minimum atomic E-state index is -0.935. The van der Waals surface area contributed by atoms with Crippen LogP contribution in [0.1, 0.15) is 40.4 Å². The van der Waals surface area contributed by atoms with Crippen LogP contribution in [0, 0.1) is 17.6 Å². The first kappa shape index (κ1) is 24.4. The number of benzene rings is 3. The van der Waals surface area contributed by atoms with Gasteiger partial charge in [0.2, 0.25) is 5.91 Å². The second-order valence-electron chi connectivity index (χ2n) is 9.25. The molecule has 1 aliphatic carbocycles. The highest BCUT2D eigenvalue weighted by atomic mass is 19.1. The number of hydrogen-bond donors (Lipinski definition) is 2. The maximum Gasteiger partial charge on any atom is 0.411 e. The number of halogens is 2. The second-order valence-corrected chi connectivity index (χ2v) is 9.25. The molecule has 3 amide bonds. The highest BCUT2D eigenvalue weighted by Gasteiger charge is 2.47. The fourth-order valence-corrected chi connectivity index (χ4v) is 4.27. The molecule has 2 unspecified atom stereocenters. The Balaban J connectivity index is 1.35. The SMILES string of the molecule is O=C(Nc1ccc(C2OC(=O)N(Cc3ccc(F)cc3)C2C(=O)NCC2CC2)cc1)c1ccccc1F. The molecule has 3 aromatic rings. The molecule has 0 radical (unpaired) electrons. The fraction of sp³-hybridized carbons (Fsp3) is 0.250. The van der Waals surface area contributed by atoms with Crippen molar-refractivity contribution < 1.29 is 27.9 Å². The molecule has 1 saturated carbocycles. The fourth-order valence-electron chi connectivity index (χ4n) is 4.27. The van der Waals surface area contributed by atoms with Crippen LogP contribution in [0.15, 0.2) is 72.8 Å². The number of cyclic esters (lactones) is 1. The van der Waals surface area contributed by atoms with Gasteiger partial charge in [0.1, 0.15) is 11.6 Å². The van der Waals surface area contributed by atoms with E-state index in [0.717, 1.165) is 12.8 Å². The van der Waals surface area contributed by atoms with Gasteiger partial charge in [-0.2, -0.15) is 0 Å². The second kappa shape index (κ2) is 10.4. The molecule has 2 aliphatic rings. The largest absolute Gasteiger partial charge is 0.438 e. The summed E-state index contributed by atoms with van der Waals surface area (Å²) in [6.07, 6.45) is 0.577. The van der Waals surface area contributed by atoms with Crippen molar-refractivity contribution in [2.45, 2.75) is 31.5 Å². The third-order valence-corrected chi connectivity index (χ3v) is 6.50. The van der Waals surface area contributed by atoms with Crippen molar-refractivity contribution in [2.24, 2.45) is 5.92 Å². The number of carbonyl (C=O) groups is 3. The molecular weight excluding hydrogens is 480 g/mol. The Morgan fingerprint density at radius 1 is 0.946 bits per heavy atom. The van der Waals surface area contributed by atoms with Crippen LogP contribution in [0.3, 0.4) is 0 Å². The maximum atomic E-state index is 13.9. The molecule has 1 saturated heterocycles. The van der Waals surface area contributed by atoms with E-state index in [-0.39, 0.29) is 18.0 Å². The molecule has 0 bridgehead atoms. The van der Waals surface area contributed by atoms with Crippen LogP contribution >= 0.6 is 0 Å². The van der Waals surface area contributed by atoms with Crippen molar-refractivity contribution in [2.75, 3.05) is 11.9 Å². The zero-order valence-electron chi connectivity index (χ0n) is 19.8. The molecule has 2 N–H and O–H groups in total. The van der Waals surface area contributed by atoms with Crippen LogP contribution in [0.4, 0.5) is 19.3 Å². The minimum absolute atomic E-state index is 0.0773. The van der Waals surface area contributed by atoms with Crippen LogP contribution in [-0.2, 0) is 16.1 Å². The molecule has 2 fully saturated rings. The molecule has 1 aliphatic heterocycles. The normalized spacial score (nSPS) is 18.9. The van der Waals surface area contributed by atoms with Gasteiger partial charge in [-0.15, -0.1) is 0 Å². The molecule has 0 spiro atoms. The van der Waals surface area contributed by atoms with E-state index in [1.54, 1.807) is 42.5 Å². The van der Waals surface area contributed by atoms with E-state index in [2.05, 4.69) is 10.6 Å². The van der Waals surface area contributed by atoms with Crippen LogP contribution in [0.2, 0.25) is 0 Å². The number of nitrogens with zero attached hydrogens (tertiary/aromatic N) is 1. The first-order chi connectivity index (χ1) is 17.9. The smallest absolute Gasteiger partial charge is 0.411 e. The van der Waals surface area contributed by atoms with Gasteiger partial charge < -0.3 is 15.4 Å². The third-order valence-electron chi connectivity index (χ3n) is 6.50. The number of hydrogen-bond acceptors (Lipinski definition) is 4. The van der Waals surface area contributed by atoms with E-state index in [1.807, 2.05) is 0 Å². The average molecular weight is 506 g/mol. The lowest BCUT2D eigenvalue weighted by atomic mass is 10.00. The van der Waals surface area contributed by atoms with Gasteiger partial charge in [-0.3, -0.25) is 14.5 Å². The highest BCUT2D eigenvalue weighted by Crippen LogP contribution is 2.35. The number of nitrogens with one attached hydrogen (secondary N) is 2. The standard InChI is InChI=1S/C28H25F2N3O4/c29-20-11-7-18(8-12-20)16-33-24(27(35)31-15-17-5-6-17)25(37-28(33)36)19-9-13-21(14-10-19)32-26(34)22-3-1-2-4-23(22)30/h1-4,7-14,17,24-25H,5-6,15-16H2,(H,31,35)(H,32,34). The van der Waals surface area contributed by atoms with Crippen molar-refractivity contribution in [3.63, 3.8) is 0 Å². The molecule has 0 aromatic heterocycles. The quantitative estimate of drug-likeness (QED) is 0.460. The monoisotopic (exact) mass is 505 g/mol. The Labute approximate surface area is 212 Å². The van der Waals surface area contributed by atoms with Gasteiger partial charge in [-0.1, -0.05) is 36.4 Å². The minimum Gasteiger partial charge on any atom is -0.438 e. The van der Waals surface area contributed by atoms with Crippen molar-refractivity contribution in [3.05, 3.63) is 101 Å². The summed E-state index contributed by atoms with van der Waals surface area (Å²) >= 11 is 0.